The quantitative estimate of drug-likeness (QED) is 0.756. The van der Waals surface area contributed by atoms with E-state index in [0.29, 0.717) is 18.5 Å². The van der Waals surface area contributed by atoms with Crippen molar-refractivity contribution in [2.24, 2.45) is 5.92 Å². The minimum atomic E-state index is -0.687. The molecule has 0 bridgehead atoms. The molecule has 0 spiro atoms. The molecule has 3 N–H and O–H groups in total. The van der Waals surface area contributed by atoms with Crippen molar-refractivity contribution in [2.75, 3.05) is 6.54 Å². The maximum Gasteiger partial charge on any atom is 0.251 e. The lowest BCUT2D eigenvalue weighted by molar-refractivity contribution is -0.131. The van der Waals surface area contributed by atoms with Crippen molar-refractivity contribution < 1.29 is 14.4 Å². The number of rotatable bonds is 5. The second-order valence-electron chi connectivity index (χ2n) is 6.56. The van der Waals surface area contributed by atoms with Crippen LogP contribution in [0.4, 0.5) is 0 Å². The molecule has 0 saturated carbocycles. The molecule has 0 unspecified atom stereocenters. The monoisotopic (exact) mass is 331 g/mol. The van der Waals surface area contributed by atoms with E-state index in [9.17, 15) is 14.4 Å². The molecule has 1 heterocycles. The SMILES string of the molecule is Cc1ccc(C(=O)N[C@@H](C(=O)N[C@@H]2CCCNC2=O)C(C)C)cc1. The molecule has 1 aliphatic heterocycles. The van der Waals surface area contributed by atoms with Gasteiger partial charge in [-0.2, -0.15) is 0 Å². The Morgan fingerprint density at radius 3 is 2.46 bits per heavy atom. The highest BCUT2D eigenvalue weighted by atomic mass is 16.2. The van der Waals surface area contributed by atoms with Crippen LogP contribution in [-0.4, -0.2) is 36.3 Å². The van der Waals surface area contributed by atoms with Gasteiger partial charge < -0.3 is 16.0 Å². The maximum atomic E-state index is 12.5. The number of nitrogens with one attached hydrogen (secondary N) is 3. The number of amides is 3. The van der Waals surface area contributed by atoms with Gasteiger partial charge in [0.25, 0.3) is 5.91 Å². The number of benzene rings is 1. The first-order valence-electron chi connectivity index (χ1n) is 8.34. The normalized spacial score (nSPS) is 18.7. The molecule has 1 fully saturated rings. The first kappa shape index (κ1) is 18.0. The van der Waals surface area contributed by atoms with E-state index in [2.05, 4.69) is 16.0 Å². The van der Waals surface area contributed by atoms with E-state index in [-0.39, 0.29) is 23.6 Å². The topological polar surface area (TPSA) is 87.3 Å². The van der Waals surface area contributed by atoms with Gasteiger partial charge in [0.2, 0.25) is 11.8 Å². The van der Waals surface area contributed by atoms with E-state index in [1.807, 2.05) is 32.9 Å². The van der Waals surface area contributed by atoms with Gasteiger partial charge in [-0.05, 0) is 37.8 Å². The van der Waals surface area contributed by atoms with Crippen molar-refractivity contribution in [3.8, 4) is 0 Å². The van der Waals surface area contributed by atoms with Crippen LogP contribution in [0.25, 0.3) is 0 Å². The van der Waals surface area contributed by atoms with E-state index in [4.69, 9.17) is 0 Å². The van der Waals surface area contributed by atoms with Crippen LogP contribution in [0, 0.1) is 12.8 Å². The summed E-state index contributed by atoms with van der Waals surface area (Å²) in [5.41, 5.74) is 1.57. The number of aryl methyl sites for hydroxylation is 1. The molecule has 24 heavy (non-hydrogen) atoms. The van der Waals surface area contributed by atoms with E-state index in [0.717, 1.165) is 12.0 Å². The summed E-state index contributed by atoms with van der Waals surface area (Å²) >= 11 is 0. The lowest BCUT2D eigenvalue weighted by atomic mass is 10.0. The lowest BCUT2D eigenvalue weighted by Crippen LogP contribution is -2.56. The van der Waals surface area contributed by atoms with E-state index in [1.165, 1.54) is 0 Å². The van der Waals surface area contributed by atoms with Crippen molar-refractivity contribution in [1.82, 2.24) is 16.0 Å². The highest BCUT2D eigenvalue weighted by Crippen LogP contribution is 2.09. The first-order valence-corrected chi connectivity index (χ1v) is 8.34. The van der Waals surface area contributed by atoms with E-state index >= 15 is 0 Å². The highest BCUT2D eigenvalue weighted by molar-refractivity contribution is 5.98. The van der Waals surface area contributed by atoms with Gasteiger partial charge in [0, 0.05) is 12.1 Å². The van der Waals surface area contributed by atoms with Crippen LogP contribution < -0.4 is 16.0 Å². The summed E-state index contributed by atoms with van der Waals surface area (Å²) in [4.78, 5) is 36.7. The Kier molecular flexibility index (Phi) is 5.95. The second kappa shape index (κ2) is 7.95. The van der Waals surface area contributed by atoms with Crippen LogP contribution in [0.1, 0.15) is 42.6 Å². The Morgan fingerprint density at radius 2 is 1.88 bits per heavy atom. The summed E-state index contributed by atoms with van der Waals surface area (Å²) in [6.45, 7) is 6.31. The van der Waals surface area contributed by atoms with Crippen molar-refractivity contribution in [1.29, 1.82) is 0 Å². The van der Waals surface area contributed by atoms with Gasteiger partial charge in [0.15, 0.2) is 0 Å². The Hall–Kier alpha value is -2.37. The third-order valence-electron chi connectivity index (χ3n) is 4.15. The second-order valence-corrected chi connectivity index (χ2v) is 6.56. The van der Waals surface area contributed by atoms with Crippen molar-refractivity contribution >= 4 is 17.7 Å². The summed E-state index contributed by atoms with van der Waals surface area (Å²) in [6.07, 6.45) is 1.45. The standard InChI is InChI=1S/C18H25N3O3/c1-11(2)15(18(24)20-14-5-4-10-19-17(14)23)21-16(22)13-8-6-12(3)7-9-13/h6-9,11,14-15H,4-5,10H2,1-3H3,(H,19,23)(H,20,24)(H,21,22)/t14-,15-/m1/s1. The fraction of sp³-hybridized carbons (Fsp3) is 0.500. The van der Waals surface area contributed by atoms with Crippen LogP contribution in [0.5, 0.6) is 0 Å². The average molecular weight is 331 g/mol. The van der Waals surface area contributed by atoms with Crippen molar-refractivity contribution in [3.05, 3.63) is 35.4 Å². The number of carbonyl (C=O) groups excluding carboxylic acids is 3. The molecule has 130 valence electrons. The molecule has 2 atom stereocenters. The van der Waals surface area contributed by atoms with Gasteiger partial charge in [0.1, 0.15) is 12.1 Å². The number of piperidine rings is 1. The molecular weight excluding hydrogens is 306 g/mol. The van der Waals surface area contributed by atoms with Crippen LogP contribution in [0.15, 0.2) is 24.3 Å². The third kappa shape index (κ3) is 4.57. The molecule has 1 aliphatic rings. The maximum absolute atomic E-state index is 12.5. The predicted molar refractivity (Wildman–Crippen MR) is 91.4 cm³/mol. The molecule has 0 aromatic heterocycles. The first-order chi connectivity index (χ1) is 11.4. The molecule has 6 heteroatoms. The van der Waals surface area contributed by atoms with Gasteiger partial charge >= 0.3 is 0 Å². The van der Waals surface area contributed by atoms with Gasteiger partial charge in [-0.1, -0.05) is 31.5 Å². The molecule has 6 nitrogen and oxygen atoms in total. The van der Waals surface area contributed by atoms with E-state index < -0.39 is 12.1 Å². The third-order valence-corrected chi connectivity index (χ3v) is 4.15. The van der Waals surface area contributed by atoms with Crippen molar-refractivity contribution in [2.45, 2.75) is 45.7 Å². The number of hydrogen-bond acceptors (Lipinski definition) is 3. The summed E-state index contributed by atoms with van der Waals surface area (Å²) in [5, 5.41) is 8.26. The molecule has 2 rings (SSSR count). The molecular formula is C18H25N3O3. The minimum Gasteiger partial charge on any atom is -0.354 e. The molecule has 3 amide bonds. The smallest absolute Gasteiger partial charge is 0.251 e. The zero-order valence-corrected chi connectivity index (χ0v) is 14.4. The van der Waals surface area contributed by atoms with Gasteiger partial charge in [-0.25, -0.2) is 0 Å². The Morgan fingerprint density at radius 1 is 1.21 bits per heavy atom. The summed E-state index contributed by atoms with van der Waals surface area (Å²) in [6, 6.07) is 5.96. The Bertz CT molecular complexity index is 610. The van der Waals surface area contributed by atoms with Crippen LogP contribution in [-0.2, 0) is 9.59 Å². The summed E-state index contributed by atoms with van der Waals surface area (Å²) in [5.74, 6) is -0.877. The molecule has 0 aliphatic carbocycles. The molecule has 0 radical (unpaired) electrons. The number of hydrogen-bond donors (Lipinski definition) is 3. The van der Waals surface area contributed by atoms with Gasteiger partial charge in [0.05, 0.1) is 0 Å². The fourth-order valence-corrected chi connectivity index (χ4v) is 2.64. The van der Waals surface area contributed by atoms with Crippen LogP contribution in [0.2, 0.25) is 0 Å². The molecule has 1 aromatic rings. The zero-order valence-electron chi connectivity index (χ0n) is 14.4. The number of carbonyl (C=O) groups is 3. The zero-order chi connectivity index (χ0) is 17.7. The predicted octanol–water partition coefficient (Wildman–Crippen LogP) is 1.14. The van der Waals surface area contributed by atoms with Crippen LogP contribution >= 0.6 is 0 Å². The summed E-state index contributed by atoms with van der Waals surface area (Å²) in [7, 11) is 0. The fourth-order valence-electron chi connectivity index (χ4n) is 2.64. The van der Waals surface area contributed by atoms with Crippen LogP contribution in [0.3, 0.4) is 0 Å². The van der Waals surface area contributed by atoms with Crippen molar-refractivity contribution in [3.63, 3.8) is 0 Å². The average Bonchev–Trinajstić information content (AvgIpc) is 2.54. The minimum absolute atomic E-state index is 0.0916. The Balaban J connectivity index is 2.02. The van der Waals surface area contributed by atoms with Gasteiger partial charge in [-0.3, -0.25) is 14.4 Å². The highest BCUT2D eigenvalue weighted by Gasteiger charge is 2.30. The largest absolute Gasteiger partial charge is 0.354 e. The molecule has 1 saturated heterocycles. The molecule has 1 aromatic carbocycles. The lowest BCUT2D eigenvalue weighted by Gasteiger charge is -2.27. The van der Waals surface area contributed by atoms with E-state index in [1.54, 1.807) is 12.1 Å². The van der Waals surface area contributed by atoms with Gasteiger partial charge in [-0.15, -0.1) is 0 Å². The Labute approximate surface area is 142 Å². The summed E-state index contributed by atoms with van der Waals surface area (Å²) < 4.78 is 0.